The topological polar surface area (TPSA) is 51.7 Å². The Labute approximate surface area is 148 Å². The molecule has 5 heteroatoms. The number of carbonyl (C=O) groups excluding carboxylic acids is 1. The lowest BCUT2D eigenvalue weighted by Gasteiger charge is -2.35. The van der Waals surface area contributed by atoms with Crippen molar-refractivity contribution in [3.05, 3.63) is 59.3 Å². The lowest BCUT2D eigenvalue weighted by atomic mass is 9.96. The Hall–Kier alpha value is -2.56. The van der Waals surface area contributed by atoms with Gasteiger partial charge in [0.25, 0.3) is 0 Å². The lowest BCUT2D eigenvalue weighted by Crippen LogP contribution is -2.38. The number of pyridine rings is 1. The first kappa shape index (κ1) is 17.3. The van der Waals surface area contributed by atoms with Crippen LogP contribution in [0.15, 0.2) is 42.6 Å². The van der Waals surface area contributed by atoms with E-state index < -0.39 is 0 Å². The van der Waals surface area contributed by atoms with E-state index in [1.807, 2.05) is 42.2 Å². The number of piperidine rings is 1. The zero-order valence-electron chi connectivity index (χ0n) is 14.8. The van der Waals surface area contributed by atoms with Gasteiger partial charge in [-0.15, -0.1) is 0 Å². The highest BCUT2D eigenvalue weighted by molar-refractivity contribution is 5.68. The second kappa shape index (κ2) is 8.01. The van der Waals surface area contributed by atoms with Crippen molar-refractivity contribution in [2.24, 2.45) is 0 Å². The van der Waals surface area contributed by atoms with E-state index in [2.05, 4.69) is 11.1 Å². The summed E-state index contributed by atoms with van der Waals surface area (Å²) in [7, 11) is 1.61. The Balaban J connectivity index is 1.72. The smallest absolute Gasteiger partial charge is 0.410 e. The van der Waals surface area contributed by atoms with Gasteiger partial charge >= 0.3 is 6.09 Å². The van der Waals surface area contributed by atoms with Crippen molar-refractivity contribution in [2.75, 3.05) is 13.7 Å². The highest BCUT2D eigenvalue weighted by Crippen LogP contribution is 2.32. The minimum Gasteiger partial charge on any atom is -0.481 e. The van der Waals surface area contributed by atoms with Crippen molar-refractivity contribution in [2.45, 2.75) is 38.8 Å². The number of rotatable bonds is 4. The molecule has 25 heavy (non-hydrogen) atoms. The summed E-state index contributed by atoms with van der Waals surface area (Å²) in [5.74, 6) is 0.623. The number of carbonyl (C=O) groups is 1. The van der Waals surface area contributed by atoms with Gasteiger partial charge in [-0.05, 0) is 43.4 Å². The molecule has 1 aliphatic heterocycles. The van der Waals surface area contributed by atoms with E-state index in [0.29, 0.717) is 19.0 Å². The molecule has 1 unspecified atom stereocenters. The van der Waals surface area contributed by atoms with Gasteiger partial charge in [0, 0.05) is 18.3 Å². The molecular formula is C20H24N2O3. The molecule has 0 N–H and O–H groups in total. The molecule has 5 nitrogen and oxygen atoms in total. The Morgan fingerprint density at radius 3 is 2.80 bits per heavy atom. The van der Waals surface area contributed by atoms with E-state index >= 15 is 0 Å². The molecule has 1 fully saturated rings. The van der Waals surface area contributed by atoms with Crippen LogP contribution in [0.4, 0.5) is 4.79 Å². The summed E-state index contributed by atoms with van der Waals surface area (Å²) >= 11 is 0. The highest BCUT2D eigenvalue weighted by Gasteiger charge is 2.29. The summed E-state index contributed by atoms with van der Waals surface area (Å²) in [4.78, 5) is 18.8. The normalized spacial score (nSPS) is 17.2. The monoisotopic (exact) mass is 340 g/mol. The summed E-state index contributed by atoms with van der Waals surface area (Å²) in [6.07, 6.45) is 4.56. The molecule has 0 aliphatic carbocycles. The maximum Gasteiger partial charge on any atom is 0.410 e. The summed E-state index contributed by atoms with van der Waals surface area (Å²) < 4.78 is 10.8. The number of nitrogens with zero attached hydrogens (tertiary/aromatic N) is 2. The van der Waals surface area contributed by atoms with Crippen molar-refractivity contribution < 1.29 is 14.3 Å². The number of hydrogen-bond acceptors (Lipinski definition) is 4. The standard InChI is InChI=1S/C20H24N2O3/c1-15-12-17(13-21-19(15)24-2)18-10-6-7-11-22(18)20(23)25-14-16-8-4-3-5-9-16/h3-5,8-9,12-13,18H,6-7,10-11,14H2,1-2H3. The molecule has 1 aromatic heterocycles. The van der Waals surface area contributed by atoms with Crippen molar-refractivity contribution >= 4 is 6.09 Å². The lowest BCUT2D eigenvalue weighted by molar-refractivity contribution is 0.0678. The average molecular weight is 340 g/mol. The maximum atomic E-state index is 12.6. The Kier molecular flexibility index (Phi) is 5.53. The first-order chi connectivity index (χ1) is 12.2. The number of aryl methyl sites for hydroxylation is 1. The zero-order chi connectivity index (χ0) is 17.6. The largest absolute Gasteiger partial charge is 0.481 e. The number of aromatic nitrogens is 1. The molecule has 1 aliphatic rings. The number of likely N-dealkylation sites (tertiary alicyclic amines) is 1. The van der Waals surface area contributed by atoms with Crippen LogP contribution in [-0.4, -0.2) is 29.6 Å². The second-order valence-corrected chi connectivity index (χ2v) is 6.34. The van der Waals surface area contributed by atoms with E-state index in [-0.39, 0.29) is 12.1 Å². The first-order valence-electron chi connectivity index (χ1n) is 8.67. The fourth-order valence-corrected chi connectivity index (χ4v) is 3.28. The molecular weight excluding hydrogens is 316 g/mol. The van der Waals surface area contributed by atoms with Gasteiger partial charge in [-0.1, -0.05) is 30.3 Å². The maximum absolute atomic E-state index is 12.6. The Bertz CT molecular complexity index is 718. The molecule has 132 valence electrons. The van der Waals surface area contributed by atoms with Crippen LogP contribution < -0.4 is 4.74 Å². The second-order valence-electron chi connectivity index (χ2n) is 6.34. The molecule has 1 saturated heterocycles. The third-order valence-electron chi connectivity index (χ3n) is 4.57. The zero-order valence-corrected chi connectivity index (χ0v) is 14.8. The van der Waals surface area contributed by atoms with Gasteiger partial charge in [0.1, 0.15) is 6.61 Å². The van der Waals surface area contributed by atoms with Crippen LogP contribution in [0.5, 0.6) is 5.88 Å². The number of ether oxygens (including phenoxy) is 2. The van der Waals surface area contributed by atoms with Crippen LogP contribution >= 0.6 is 0 Å². The van der Waals surface area contributed by atoms with Gasteiger partial charge in [0.05, 0.1) is 13.2 Å². The van der Waals surface area contributed by atoms with Gasteiger partial charge in [0.15, 0.2) is 0 Å². The molecule has 0 radical (unpaired) electrons. The van der Waals surface area contributed by atoms with Crippen molar-refractivity contribution in [1.82, 2.24) is 9.88 Å². The molecule has 0 saturated carbocycles. The Morgan fingerprint density at radius 1 is 1.28 bits per heavy atom. The minimum absolute atomic E-state index is 0.00845. The van der Waals surface area contributed by atoms with Crippen LogP contribution in [0.3, 0.4) is 0 Å². The molecule has 1 amide bonds. The predicted octanol–water partition coefficient (Wildman–Crippen LogP) is 4.26. The summed E-state index contributed by atoms with van der Waals surface area (Å²) in [6.45, 7) is 2.97. The van der Waals surface area contributed by atoms with E-state index in [9.17, 15) is 4.79 Å². The molecule has 0 spiro atoms. The van der Waals surface area contributed by atoms with Gasteiger partial charge in [-0.25, -0.2) is 9.78 Å². The van der Waals surface area contributed by atoms with Crippen LogP contribution in [-0.2, 0) is 11.3 Å². The fraction of sp³-hybridized carbons (Fsp3) is 0.400. The third kappa shape index (κ3) is 4.10. The van der Waals surface area contributed by atoms with E-state index in [1.165, 1.54) is 0 Å². The quantitative estimate of drug-likeness (QED) is 0.834. The number of methoxy groups -OCH3 is 1. The number of hydrogen-bond donors (Lipinski definition) is 0. The fourth-order valence-electron chi connectivity index (χ4n) is 3.28. The van der Waals surface area contributed by atoms with Gasteiger partial charge in [0.2, 0.25) is 5.88 Å². The van der Waals surface area contributed by atoms with Crippen molar-refractivity contribution in [3.63, 3.8) is 0 Å². The average Bonchev–Trinajstić information content (AvgIpc) is 2.67. The Morgan fingerprint density at radius 2 is 2.08 bits per heavy atom. The summed E-state index contributed by atoms with van der Waals surface area (Å²) in [6, 6.07) is 11.8. The molecule has 1 aromatic carbocycles. The minimum atomic E-state index is -0.262. The summed E-state index contributed by atoms with van der Waals surface area (Å²) in [5.41, 5.74) is 3.00. The van der Waals surface area contributed by atoms with Gasteiger partial charge in [-0.3, -0.25) is 0 Å². The van der Waals surface area contributed by atoms with Crippen LogP contribution in [0.25, 0.3) is 0 Å². The summed E-state index contributed by atoms with van der Waals surface area (Å²) in [5, 5.41) is 0. The number of benzene rings is 1. The molecule has 1 atom stereocenters. The predicted molar refractivity (Wildman–Crippen MR) is 95.5 cm³/mol. The number of amides is 1. The van der Waals surface area contributed by atoms with Crippen molar-refractivity contribution in [3.8, 4) is 5.88 Å². The van der Waals surface area contributed by atoms with Gasteiger partial charge < -0.3 is 14.4 Å². The van der Waals surface area contributed by atoms with Crippen LogP contribution in [0.2, 0.25) is 0 Å². The molecule has 0 bridgehead atoms. The molecule has 2 heterocycles. The van der Waals surface area contributed by atoms with Crippen molar-refractivity contribution in [1.29, 1.82) is 0 Å². The van der Waals surface area contributed by atoms with E-state index in [4.69, 9.17) is 9.47 Å². The van der Waals surface area contributed by atoms with E-state index in [1.54, 1.807) is 13.3 Å². The highest BCUT2D eigenvalue weighted by atomic mass is 16.6. The molecule has 3 rings (SSSR count). The van der Waals surface area contributed by atoms with Gasteiger partial charge in [-0.2, -0.15) is 0 Å². The molecule has 2 aromatic rings. The van der Waals surface area contributed by atoms with Crippen LogP contribution in [0, 0.1) is 6.92 Å². The van der Waals surface area contributed by atoms with Crippen LogP contribution in [0.1, 0.15) is 42.0 Å². The van der Waals surface area contributed by atoms with E-state index in [0.717, 1.165) is 36.0 Å². The third-order valence-corrected chi connectivity index (χ3v) is 4.57. The SMILES string of the molecule is COc1ncc(C2CCCCN2C(=O)OCc2ccccc2)cc1C. The first-order valence-corrected chi connectivity index (χ1v) is 8.67.